The van der Waals surface area contributed by atoms with E-state index in [9.17, 15) is 4.79 Å². The molecule has 2 unspecified atom stereocenters. The molecule has 0 bridgehead atoms. The van der Waals surface area contributed by atoms with E-state index in [2.05, 4.69) is 17.2 Å². The lowest BCUT2D eigenvalue weighted by Gasteiger charge is -2.34. The van der Waals surface area contributed by atoms with Crippen LogP contribution in [0.15, 0.2) is 12.4 Å². The first-order valence-corrected chi connectivity index (χ1v) is 5.52. The van der Waals surface area contributed by atoms with Crippen molar-refractivity contribution < 1.29 is 4.79 Å². The number of piperidine rings is 1. The Labute approximate surface area is 94.4 Å². The molecule has 2 N–H and O–H groups in total. The van der Waals surface area contributed by atoms with Crippen LogP contribution >= 0.6 is 0 Å². The van der Waals surface area contributed by atoms with E-state index in [4.69, 9.17) is 5.73 Å². The van der Waals surface area contributed by atoms with E-state index in [0.717, 1.165) is 13.0 Å². The Balaban J connectivity index is 1.94. The number of nitrogens with two attached hydrogens (primary N) is 1. The zero-order valence-corrected chi connectivity index (χ0v) is 9.41. The van der Waals surface area contributed by atoms with Crippen molar-refractivity contribution in [3.63, 3.8) is 0 Å². The summed E-state index contributed by atoms with van der Waals surface area (Å²) >= 11 is 0. The first kappa shape index (κ1) is 11.1. The molecule has 1 aromatic rings. The highest BCUT2D eigenvalue weighted by Crippen LogP contribution is 2.15. The number of rotatable bonds is 2. The number of carbonyl (C=O) groups excluding carboxylic acids is 1. The van der Waals surface area contributed by atoms with Crippen LogP contribution in [0.1, 0.15) is 13.3 Å². The van der Waals surface area contributed by atoms with Gasteiger partial charge in [0.2, 0.25) is 5.91 Å². The van der Waals surface area contributed by atoms with Gasteiger partial charge >= 0.3 is 0 Å². The van der Waals surface area contributed by atoms with Crippen LogP contribution in [0.25, 0.3) is 0 Å². The summed E-state index contributed by atoms with van der Waals surface area (Å²) in [6.45, 7) is 3.81. The normalized spacial score (nSPS) is 25.8. The fraction of sp³-hybridized carbons (Fsp3) is 0.700. The fourth-order valence-corrected chi connectivity index (χ4v) is 2.16. The highest BCUT2D eigenvalue weighted by Gasteiger charge is 2.25. The molecule has 1 aliphatic heterocycles. The number of hydrogen-bond donors (Lipinski definition) is 1. The molecule has 0 radical (unpaired) electrons. The third-order valence-electron chi connectivity index (χ3n) is 2.81. The second kappa shape index (κ2) is 4.61. The van der Waals surface area contributed by atoms with E-state index in [0.29, 0.717) is 12.5 Å². The van der Waals surface area contributed by atoms with Crippen LogP contribution in [-0.4, -0.2) is 44.9 Å². The lowest BCUT2D eigenvalue weighted by molar-refractivity contribution is -0.134. The van der Waals surface area contributed by atoms with Gasteiger partial charge < -0.3 is 10.6 Å². The molecule has 1 amide bonds. The number of nitrogens with zero attached hydrogens (tertiary/aromatic N) is 4. The standard InChI is InChI=1S/C10H17N5O/c1-8-4-9(11)6-14(5-8)10(16)7-15-3-2-12-13-15/h2-3,8-9H,4-7,11H2,1H3. The maximum atomic E-state index is 11.9. The van der Waals surface area contributed by atoms with Crippen LogP contribution in [-0.2, 0) is 11.3 Å². The van der Waals surface area contributed by atoms with Crippen LogP contribution in [0.5, 0.6) is 0 Å². The second-order valence-corrected chi connectivity index (χ2v) is 4.50. The molecule has 0 aliphatic carbocycles. The van der Waals surface area contributed by atoms with E-state index in [1.807, 2.05) is 4.90 Å². The summed E-state index contributed by atoms with van der Waals surface area (Å²) in [7, 11) is 0. The molecule has 2 heterocycles. The van der Waals surface area contributed by atoms with Gasteiger partial charge in [0.25, 0.3) is 0 Å². The van der Waals surface area contributed by atoms with Gasteiger partial charge in [0.05, 0.1) is 6.20 Å². The summed E-state index contributed by atoms with van der Waals surface area (Å²) < 4.78 is 1.53. The molecule has 1 saturated heterocycles. The van der Waals surface area contributed by atoms with Crippen molar-refractivity contribution in [3.8, 4) is 0 Å². The molecule has 6 nitrogen and oxygen atoms in total. The Hall–Kier alpha value is -1.43. The summed E-state index contributed by atoms with van der Waals surface area (Å²) in [5.74, 6) is 0.538. The predicted molar refractivity (Wildman–Crippen MR) is 58.4 cm³/mol. The van der Waals surface area contributed by atoms with Crippen molar-refractivity contribution in [3.05, 3.63) is 12.4 Å². The van der Waals surface area contributed by atoms with E-state index in [1.54, 1.807) is 12.4 Å². The molecule has 88 valence electrons. The number of aromatic nitrogens is 3. The van der Waals surface area contributed by atoms with Gasteiger partial charge in [-0.05, 0) is 12.3 Å². The maximum absolute atomic E-state index is 11.9. The van der Waals surface area contributed by atoms with Gasteiger partial charge in [0, 0.05) is 25.3 Å². The van der Waals surface area contributed by atoms with Gasteiger partial charge in [-0.15, -0.1) is 5.10 Å². The van der Waals surface area contributed by atoms with Gasteiger partial charge in [0.1, 0.15) is 6.54 Å². The van der Waals surface area contributed by atoms with Crippen LogP contribution in [0.3, 0.4) is 0 Å². The van der Waals surface area contributed by atoms with Crippen LogP contribution < -0.4 is 5.73 Å². The topological polar surface area (TPSA) is 77.0 Å². The van der Waals surface area contributed by atoms with E-state index < -0.39 is 0 Å². The minimum Gasteiger partial charge on any atom is -0.339 e. The van der Waals surface area contributed by atoms with Gasteiger partial charge in [0.15, 0.2) is 0 Å². The molecule has 16 heavy (non-hydrogen) atoms. The minimum atomic E-state index is 0.0625. The Morgan fingerprint density at radius 2 is 2.38 bits per heavy atom. The summed E-state index contributed by atoms with van der Waals surface area (Å²) in [5, 5.41) is 7.44. The van der Waals surface area contributed by atoms with Gasteiger partial charge in [-0.2, -0.15) is 0 Å². The molecular formula is C10H17N5O. The first-order chi connectivity index (χ1) is 7.65. The Bertz CT molecular complexity index is 340. The van der Waals surface area contributed by atoms with Gasteiger partial charge in [-0.1, -0.05) is 12.1 Å². The van der Waals surface area contributed by atoms with E-state index >= 15 is 0 Å². The molecule has 1 aliphatic rings. The predicted octanol–water partition coefficient (Wildman–Crippen LogP) is -0.526. The third kappa shape index (κ3) is 2.57. The lowest BCUT2D eigenvalue weighted by atomic mass is 9.96. The number of carbonyl (C=O) groups is 1. The Morgan fingerprint density at radius 1 is 1.56 bits per heavy atom. The minimum absolute atomic E-state index is 0.0625. The molecule has 0 saturated carbocycles. The monoisotopic (exact) mass is 223 g/mol. The SMILES string of the molecule is CC1CC(N)CN(C(=O)Cn2ccnn2)C1. The average molecular weight is 223 g/mol. The summed E-state index contributed by atoms with van der Waals surface area (Å²) in [6, 6.07) is 0.100. The molecule has 1 fully saturated rings. The average Bonchev–Trinajstić information content (AvgIpc) is 2.68. The molecule has 0 spiro atoms. The first-order valence-electron chi connectivity index (χ1n) is 5.52. The van der Waals surface area contributed by atoms with Crippen LogP contribution in [0.4, 0.5) is 0 Å². The van der Waals surface area contributed by atoms with Crippen LogP contribution in [0.2, 0.25) is 0 Å². The van der Waals surface area contributed by atoms with Gasteiger partial charge in [-0.3, -0.25) is 4.79 Å². The molecule has 2 rings (SSSR count). The third-order valence-corrected chi connectivity index (χ3v) is 2.81. The maximum Gasteiger partial charge on any atom is 0.244 e. The largest absolute Gasteiger partial charge is 0.339 e. The summed E-state index contributed by atoms with van der Waals surface area (Å²) in [6.07, 6.45) is 4.25. The molecule has 2 atom stereocenters. The van der Waals surface area contributed by atoms with Crippen molar-refractivity contribution in [2.24, 2.45) is 11.7 Å². The highest BCUT2D eigenvalue weighted by atomic mass is 16.2. The molecule has 6 heteroatoms. The number of likely N-dealkylation sites (tertiary alicyclic amines) is 1. The summed E-state index contributed by atoms with van der Waals surface area (Å²) in [4.78, 5) is 13.8. The molecule has 0 aromatic carbocycles. The Kier molecular flexibility index (Phi) is 3.19. The fourth-order valence-electron chi connectivity index (χ4n) is 2.16. The highest BCUT2D eigenvalue weighted by molar-refractivity contribution is 5.76. The van der Waals surface area contributed by atoms with Crippen molar-refractivity contribution >= 4 is 5.91 Å². The summed E-state index contributed by atoms with van der Waals surface area (Å²) in [5.41, 5.74) is 5.90. The smallest absolute Gasteiger partial charge is 0.244 e. The Morgan fingerprint density at radius 3 is 3.00 bits per heavy atom. The number of amides is 1. The van der Waals surface area contributed by atoms with Crippen molar-refractivity contribution in [1.29, 1.82) is 0 Å². The number of hydrogen-bond acceptors (Lipinski definition) is 4. The van der Waals surface area contributed by atoms with Crippen molar-refractivity contribution in [2.75, 3.05) is 13.1 Å². The molecular weight excluding hydrogens is 206 g/mol. The van der Waals surface area contributed by atoms with E-state index in [1.165, 1.54) is 4.68 Å². The van der Waals surface area contributed by atoms with E-state index in [-0.39, 0.29) is 18.5 Å². The quantitative estimate of drug-likeness (QED) is 0.731. The van der Waals surface area contributed by atoms with Crippen molar-refractivity contribution in [1.82, 2.24) is 19.9 Å². The second-order valence-electron chi connectivity index (χ2n) is 4.50. The van der Waals surface area contributed by atoms with Gasteiger partial charge in [-0.25, -0.2) is 4.68 Å². The van der Waals surface area contributed by atoms with Crippen LogP contribution in [0, 0.1) is 5.92 Å². The molecule has 1 aromatic heterocycles. The zero-order chi connectivity index (χ0) is 11.5. The zero-order valence-electron chi connectivity index (χ0n) is 9.41. The van der Waals surface area contributed by atoms with Crippen molar-refractivity contribution in [2.45, 2.75) is 25.9 Å². The lowest BCUT2D eigenvalue weighted by Crippen LogP contribution is -2.49.